The van der Waals surface area contributed by atoms with Crippen LogP contribution >= 0.6 is 0 Å². The van der Waals surface area contributed by atoms with Gasteiger partial charge in [-0.05, 0) is 6.42 Å². The van der Waals surface area contributed by atoms with Gasteiger partial charge < -0.3 is 14.6 Å². The minimum Gasteiger partial charge on any atom is -0.446 e. The molecule has 0 aromatic carbocycles. The maximum Gasteiger partial charge on any atom is 0.273 e. The zero-order valence-electron chi connectivity index (χ0n) is 14.4. The van der Waals surface area contributed by atoms with Crippen LogP contribution in [0, 0.1) is 0 Å². The van der Waals surface area contributed by atoms with Gasteiger partial charge in [-0.25, -0.2) is 4.98 Å². The van der Waals surface area contributed by atoms with Crippen molar-refractivity contribution in [2.45, 2.75) is 45.6 Å². The van der Waals surface area contributed by atoms with Crippen LogP contribution in [-0.4, -0.2) is 34.8 Å². The number of carbonyl (C=O) groups is 2. The summed E-state index contributed by atoms with van der Waals surface area (Å²) in [5.74, 6) is 0.0513. The number of carbonyl (C=O) groups excluding carboxylic acids is 2. The van der Waals surface area contributed by atoms with Crippen LogP contribution in [0.2, 0.25) is 0 Å². The Labute approximate surface area is 143 Å². The quantitative estimate of drug-likeness (QED) is 0.471. The predicted molar refractivity (Wildman–Crippen MR) is 93.4 cm³/mol. The summed E-state index contributed by atoms with van der Waals surface area (Å²) in [7, 11) is 0. The molecule has 0 aliphatic carbocycles. The number of hydrogen-bond donors (Lipinski definition) is 1. The molecule has 0 bridgehead atoms. The molecule has 0 aliphatic heterocycles. The van der Waals surface area contributed by atoms with E-state index in [9.17, 15) is 9.59 Å². The van der Waals surface area contributed by atoms with Crippen molar-refractivity contribution in [2.75, 3.05) is 13.1 Å². The van der Waals surface area contributed by atoms with E-state index in [2.05, 4.69) is 30.4 Å². The number of unbranched alkanes of at least 4 members (excludes halogenated alkanes) is 3. The van der Waals surface area contributed by atoms with Gasteiger partial charge in [0.05, 0.1) is 6.54 Å². The van der Waals surface area contributed by atoms with E-state index >= 15 is 0 Å². The van der Waals surface area contributed by atoms with Gasteiger partial charge in [-0.15, -0.1) is 13.2 Å². The van der Waals surface area contributed by atoms with E-state index in [4.69, 9.17) is 4.42 Å². The lowest BCUT2D eigenvalue weighted by Gasteiger charge is -2.19. The molecule has 0 atom stereocenters. The molecule has 0 saturated carbocycles. The third-order valence-electron chi connectivity index (χ3n) is 3.46. The molecule has 1 aromatic rings. The first-order valence-corrected chi connectivity index (χ1v) is 8.34. The Kier molecular flexibility index (Phi) is 9.19. The molecule has 1 heterocycles. The highest BCUT2D eigenvalue weighted by Crippen LogP contribution is 2.10. The molecule has 6 nitrogen and oxygen atoms in total. The number of nitrogens with one attached hydrogen (secondary N) is 1. The molecule has 0 unspecified atom stereocenters. The fourth-order valence-electron chi connectivity index (χ4n) is 2.18. The second-order valence-corrected chi connectivity index (χ2v) is 5.50. The average Bonchev–Trinajstić information content (AvgIpc) is 3.04. The number of hydrogen-bond acceptors (Lipinski definition) is 4. The Bertz CT molecular complexity index is 551. The molecule has 0 saturated heterocycles. The van der Waals surface area contributed by atoms with Gasteiger partial charge in [-0.1, -0.05) is 38.3 Å². The molecule has 2 amide bonds. The molecule has 1 aromatic heterocycles. The van der Waals surface area contributed by atoms with E-state index in [1.165, 1.54) is 6.26 Å². The summed E-state index contributed by atoms with van der Waals surface area (Å²) in [4.78, 5) is 29.9. The largest absolute Gasteiger partial charge is 0.446 e. The summed E-state index contributed by atoms with van der Waals surface area (Å²) in [6, 6.07) is 0. The van der Waals surface area contributed by atoms with Crippen molar-refractivity contribution in [3.8, 4) is 0 Å². The fourth-order valence-corrected chi connectivity index (χ4v) is 2.18. The van der Waals surface area contributed by atoms with Gasteiger partial charge >= 0.3 is 0 Å². The van der Waals surface area contributed by atoms with E-state index in [-0.39, 0.29) is 24.1 Å². The molecule has 0 aliphatic rings. The Balaban J connectivity index is 2.59. The Morgan fingerprint density at radius 3 is 2.75 bits per heavy atom. The zero-order chi connectivity index (χ0) is 17.8. The van der Waals surface area contributed by atoms with Crippen LogP contribution in [0.4, 0.5) is 0 Å². The standard InChI is InChI=1S/C18H27N3O3/c1-4-7-8-9-10-17(22)21(12-6-3)13-16-20-15(14-24-16)18(23)19-11-5-2/h5-6,14H,2-4,7-13H2,1H3,(H,19,23). The number of nitrogens with zero attached hydrogens (tertiary/aromatic N) is 2. The molecular weight excluding hydrogens is 306 g/mol. The van der Waals surface area contributed by atoms with Crippen LogP contribution in [0.25, 0.3) is 0 Å². The first kappa shape index (κ1) is 19.7. The number of amides is 2. The monoisotopic (exact) mass is 333 g/mol. The Morgan fingerprint density at radius 2 is 2.08 bits per heavy atom. The maximum absolute atomic E-state index is 12.3. The number of rotatable bonds is 12. The summed E-state index contributed by atoms with van der Waals surface area (Å²) in [5, 5.41) is 2.63. The second-order valence-electron chi connectivity index (χ2n) is 5.50. The molecular formula is C18H27N3O3. The first-order chi connectivity index (χ1) is 11.6. The van der Waals surface area contributed by atoms with Crippen LogP contribution in [0.5, 0.6) is 0 Å². The lowest BCUT2D eigenvalue weighted by molar-refractivity contribution is -0.131. The fraction of sp³-hybridized carbons (Fsp3) is 0.500. The second kappa shape index (κ2) is 11.2. The normalized spacial score (nSPS) is 10.2. The summed E-state index contributed by atoms with van der Waals surface area (Å²) < 4.78 is 5.31. The van der Waals surface area contributed by atoms with Gasteiger partial charge in [0.2, 0.25) is 11.8 Å². The van der Waals surface area contributed by atoms with Gasteiger partial charge in [0.1, 0.15) is 6.26 Å². The third-order valence-corrected chi connectivity index (χ3v) is 3.46. The topological polar surface area (TPSA) is 75.4 Å². The van der Waals surface area contributed by atoms with Crippen molar-refractivity contribution in [2.24, 2.45) is 0 Å². The van der Waals surface area contributed by atoms with Crippen molar-refractivity contribution in [1.29, 1.82) is 0 Å². The van der Waals surface area contributed by atoms with Crippen LogP contribution < -0.4 is 5.32 Å². The lowest BCUT2D eigenvalue weighted by atomic mass is 10.1. The SMILES string of the molecule is C=CCNC(=O)c1coc(CN(CC=C)C(=O)CCCCCC)n1. The highest BCUT2D eigenvalue weighted by atomic mass is 16.3. The molecule has 0 radical (unpaired) electrons. The molecule has 1 rings (SSSR count). The van der Waals surface area contributed by atoms with Crippen LogP contribution in [-0.2, 0) is 11.3 Å². The van der Waals surface area contributed by atoms with E-state index in [0.29, 0.717) is 25.4 Å². The van der Waals surface area contributed by atoms with Gasteiger partial charge in [-0.2, -0.15) is 0 Å². The minimum atomic E-state index is -0.328. The van der Waals surface area contributed by atoms with E-state index in [1.54, 1.807) is 17.1 Å². The maximum atomic E-state index is 12.3. The van der Waals surface area contributed by atoms with Crippen LogP contribution in [0.15, 0.2) is 36.0 Å². The highest BCUT2D eigenvalue weighted by molar-refractivity contribution is 5.91. The average molecular weight is 333 g/mol. The summed E-state index contributed by atoms with van der Waals surface area (Å²) in [5.41, 5.74) is 0.195. The van der Waals surface area contributed by atoms with Crippen molar-refractivity contribution >= 4 is 11.8 Å². The minimum absolute atomic E-state index is 0.0434. The van der Waals surface area contributed by atoms with Crippen LogP contribution in [0.1, 0.15) is 55.4 Å². The van der Waals surface area contributed by atoms with Crippen molar-refractivity contribution < 1.29 is 14.0 Å². The van der Waals surface area contributed by atoms with Crippen molar-refractivity contribution in [3.63, 3.8) is 0 Å². The van der Waals surface area contributed by atoms with Gasteiger partial charge in [0, 0.05) is 19.5 Å². The Hall–Kier alpha value is -2.37. The summed E-state index contributed by atoms with van der Waals surface area (Å²) in [6.07, 6.45) is 9.26. The molecule has 132 valence electrons. The summed E-state index contributed by atoms with van der Waals surface area (Å²) in [6.45, 7) is 10.4. The van der Waals surface area contributed by atoms with Crippen LogP contribution in [0.3, 0.4) is 0 Å². The van der Waals surface area contributed by atoms with Crippen molar-refractivity contribution in [1.82, 2.24) is 15.2 Å². The number of aromatic nitrogens is 1. The molecule has 24 heavy (non-hydrogen) atoms. The molecule has 0 fully saturated rings. The molecule has 0 spiro atoms. The third kappa shape index (κ3) is 6.81. The van der Waals surface area contributed by atoms with Gasteiger partial charge in [0.15, 0.2) is 5.69 Å². The Morgan fingerprint density at radius 1 is 1.29 bits per heavy atom. The summed E-state index contributed by atoms with van der Waals surface area (Å²) >= 11 is 0. The van der Waals surface area contributed by atoms with Crippen molar-refractivity contribution in [3.05, 3.63) is 43.2 Å². The van der Waals surface area contributed by atoms with E-state index in [1.807, 2.05) is 0 Å². The number of oxazole rings is 1. The van der Waals surface area contributed by atoms with Gasteiger partial charge in [-0.3, -0.25) is 9.59 Å². The van der Waals surface area contributed by atoms with Gasteiger partial charge in [0.25, 0.3) is 5.91 Å². The first-order valence-electron chi connectivity index (χ1n) is 8.34. The smallest absolute Gasteiger partial charge is 0.273 e. The van der Waals surface area contributed by atoms with E-state index < -0.39 is 0 Å². The zero-order valence-corrected chi connectivity index (χ0v) is 14.4. The molecule has 1 N–H and O–H groups in total. The molecule has 6 heteroatoms. The predicted octanol–water partition coefficient (Wildman–Crippen LogP) is 3.08. The lowest BCUT2D eigenvalue weighted by Crippen LogP contribution is -2.30. The van der Waals surface area contributed by atoms with E-state index in [0.717, 1.165) is 25.7 Å². The highest BCUT2D eigenvalue weighted by Gasteiger charge is 2.17.